The number of hydrogen-bond acceptors (Lipinski definition) is 8. The van der Waals surface area contributed by atoms with Gasteiger partial charge in [0.05, 0.1) is 18.2 Å². The lowest BCUT2D eigenvalue weighted by Crippen LogP contribution is -2.33. The van der Waals surface area contributed by atoms with Crippen molar-refractivity contribution in [2.75, 3.05) is 6.54 Å². The van der Waals surface area contributed by atoms with Crippen LogP contribution in [0.3, 0.4) is 0 Å². The van der Waals surface area contributed by atoms with Gasteiger partial charge in [-0.1, -0.05) is 48.5 Å². The molecule has 1 aliphatic heterocycles. The predicted octanol–water partition coefficient (Wildman–Crippen LogP) is 3.77. The molecule has 3 N–H and O–H groups in total. The highest BCUT2D eigenvalue weighted by atomic mass is 19.1. The molecule has 11 heteroatoms. The number of carbonyl (C=O) groups excluding carboxylic acids is 3. The molecule has 0 saturated carbocycles. The van der Waals surface area contributed by atoms with Crippen LogP contribution in [0.25, 0.3) is 0 Å². The molecule has 0 radical (unpaired) electrons. The maximum atomic E-state index is 13.5. The molecule has 0 aliphatic carbocycles. The summed E-state index contributed by atoms with van der Waals surface area (Å²) in [5.74, 6) is -4.02. The Bertz CT molecular complexity index is 1570. The molecule has 10 nitrogen and oxygen atoms in total. The van der Waals surface area contributed by atoms with Gasteiger partial charge in [0.25, 0.3) is 17.7 Å². The molecule has 1 aromatic heterocycles. The van der Waals surface area contributed by atoms with Crippen molar-refractivity contribution in [3.8, 4) is 11.6 Å². The summed E-state index contributed by atoms with van der Waals surface area (Å²) >= 11 is 0. The second-order valence-electron chi connectivity index (χ2n) is 9.38. The van der Waals surface area contributed by atoms with Gasteiger partial charge >= 0.3 is 5.97 Å². The Kier molecular flexibility index (Phi) is 7.86. The largest absolute Gasteiger partial charge is 0.501 e. The van der Waals surface area contributed by atoms with Crippen molar-refractivity contribution < 1.29 is 33.7 Å². The van der Waals surface area contributed by atoms with Gasteiger partial charge in [0.1, 0.15) is 11.9 Å². The summed E-state index contributed by atoms with van der Waals surface area (Å²) in [6.07, 6.45) is -0.659. The van der Waals surface area contributed by atoms with Gasteiger partial charge in [-0.3, -0.25) is 9.59 Å². The number of benzene rings is 3. The predicted molar refractivity (Wildman–Crippen MR) is 143 cm³/mol. The van der Waals surface area contributed by atoms with Gasteiger partial charge in [0, 0.05) is 18.5 Å². The van der Waals surface area contributed by atoms with Crippen LogP contribution in [0.15, 0.2) is 84.9 Å². The van der Waals surface area contributed by atoms with Gasteiger partial charge in [-0.25, -0.2) is 14.2 Å². The molecule has 1 saturated heterocycles. The fraction of sp³-hybridized carbons (Fsp3) is 0.167. The lowest BCUT2D eigenvalue weighted by Gasteiger charge is -2.23. The first kappa shape index (κ1) is 27.3. The Morgan fingerprint density at radius 2 is 1.54 bits per heavy atom. The van der Waals surface area contributed by atoms with Gasteiger partial charge in [-0.05, 0) is 42.0 Å². The highest BCUT2D eigenvalue weighted by Crippen LogP contribution is 2.36. The number of rotatable bonds is 7. The molecule has 2 amide bonds. The van der Waals surface area contributed by atoms with E-state index in [0.717, 1.165) is 0 Å². The molecule has 3 aromatic carbocycles. The topological polar surface area (TPSA) is 142 Å². The third-order valence-corrected chi connectivity index (χ3v) is 6.59. The van der Waals surface area contributed by atoms with Crippen molar-refractivity contribution in [3.05, 3.63) is 119 Å². The Morgan fingerprint density at radius 3 is 2.20 bits per heavy atom. The van der Waals surface area contributed by atoms with E-state index >= 15 is 0 Å². The van der Waals surface area contributed by atoms with Crippen LogP contribution in [0, 0.1) is 5.82 Å². The average molecular weight is 557 g/mol. The van der Waals surface area contributed by atoms with Crippen LogP contribution < -0.4 is 5.32 Å². The molecule has 5 rings (SSSR count). The molecule has 1 fully saturated rings. The maximum absolute atomic E-state index is 13.5. The summed E-state index contributed by atoms with van der Waals surface area (Å²) in [4.78, 5) is 48.7. The lowest BCUT2D eigenvalue weighted by atomic mass is 10.1. The number of amides is 2. The summed E-state index contributed by atoms with van der Waals surface area (Å²) in [5.41, 5.74) is 0.797. The third kappa shape index (κ3) is 6.14. The fourth-order valence-electron chi connectivity index (χ4n) is 4.53. The van der Waals surface area contributed by atoms with E-state index in [2.05, 4.69) is 15.3 Å². The second kappa shape index (κ2) is 11.8. The molecule has 0 bridgehead atoms. The molecule has 2 atom stereocenters. The van der Waals surface area contributed by atoms with E-state index in [-0.39, 0.29) is 25.3 Å². The quantitative estimate of drug-likeness (QED) is 0.292. The van der Waals surface area contributed by atoms with E-state index < -0.39 is 53.1 Å². The van der Waals surface area contributed by atoms with Gasteiger partial charge in [0.15, 0.2) is 11.5 Å². The molecule has 4 aromatic rings. The van der Waals surface area contributed by atoms with Crippen LogP contribution in [0.5, 0.6) is 11.6 Å². The minimum absolute atomic E-state index is 0.00178. The molecule has 1 aliphatic rings. The average Bonchev–Trinajstić information content (AvgIpc) is 3.42. The first-order valence-corrected chi connectivity index (χ1v) is 12.7. The van der Waals surface area contributed by atoms with Crippen LogP contribution in [-0.2, 0) is 11.3 Å². The number of halogens is 1. The van der Waals surface area contributed by atoms with Crippen molar-refractivity contribution in [2.45, 2.75) is 25.1 Å². The van der Waals surface area contributed by atoms with E-state index in [0.29, 0.717) is 16.7 Å². The standard InChI is InChI=1S/C30H25FN4O6/c31-21-13-11-18(12-14-21)16-32-27(37)24-25(36)28(38)34-26(33-24)23-15-22(41-30(40)20-9-5-2-6-10-20)17-35(23)29(39)19-7-3-1-4-8-19/h1-14,22-23,36H,15-17H2,(H,32,37)(H,33,34,38)/t22-,23+/m1/s1. The zero-order chi connectivity index (χ0) is 28.9. The molecular weight excluding hydrogens is 531 g/mol. The highest BCUT2D eigenvalue weighted by Gasteiger charge is 2.41. The van der Waals surface area contributed by atoms with Crippen LogP contribution in [0.1, 0.15) is 55.1 Å². The molecule has 2 heterocycles. The number of nitrogens with zero attached hydrogens (tertiary/aromatic N) is 3. The number of ether oxygens (including phenoxy) is 1. The van der Waals surface area contributed by atoms with Crippen molar-refractivity contribution in [2.24, 2.45) is 0 Å². The Morgan fingerprint density at radius 1 is 0.902 bits per heavy atom. The monoisotopic (exact) mass is 556 g/mol. The number of carbonyl (C=O) groups is 3. The number of likely N-dealkylation sites (tertiary alicyclic amines) is 1. The van der Waals surface area contributed by atoms with Crippen molar-refractivity contribution in [3.63, 3.8) is 0 Å². The number of aromatic hydroxyl groups is 2. The van der Waals surface area contributed by atoms with Crippen molar-refractivity contribution >= 4 is 17.8 Å². The van der Waals surface area contributed by atoms with E-state index in [1.165, 1.54) is 29.2 Å². The van der Waals surface area contributed by atoms with Crippen molar-refractivity contribution in [1.29, 1.82) is 0 Å². The fourth-order valence-corrected chi connectivity index (χ4v) is 4.53. The first-order valence-electron chi connectivity index (χ1n) is 12.7. The lowest BCUT2D eigenvalue weighted by molar-refractivity contribution is 0.0315. The molecule has 0 unspecified atom stereocenters. The Balaban J connectivity index is 1.42. The summed E-state index contributed by atoms with van der Waals surface area (Å²) in [5, 5.41) is 23.3. The molecular formula is C30H25FN4O6. The van der Waals surface area contributed by atoms with Crippen molar-refractivity contribution in [1.82, 2.24) is 20.2 Å². The highest BCUT2D eigenvalue weighted by molar-refractivity contribution is 5.96. The zero-order valence-electron chi connectivity index (χ0n) is 21.6. The Hall–Kier alpha value is -5.32. The minimum atomic E-state index is -0.897. The normalized spacial score (nSPS) is 16.3. The molecule has 0 spiro atoms. The summed E-state index contributed by atoms with van der Waals surface area (Å²) in [6.45, 7) is 0.00622. The van der Waals surface area contributed by atoms with Crippen LogP contribution in [0.2, 0.25) is 0 Å². The first-order chi connectivity index (χ1) is 19.8. The maximum Gasteiger partial charge on any atom is 0.338 e. The zero-order valence-corrected chi connectivity index (χ0v) is 21.6. The van der Waals surface area contributed by atoms with Crippen LogP contribution >= 0.6 is 0 Å². The number of hydrogen-bond donors (Lipinski definition) is 3. The molecule has 208 valence electrons. The number of esters is 1. The smallest absolute Gasteiger partial charge is 0.338 e. The van der Waals surface area contributed by atoms with Crippen LogP contribution in [-0.4, -0.2) is 55.5 Å². The van der Waals surface area contributed by atoms with Crippen LogP contribution in [0.4, 0.5) is 4.39 Å². The van der Waals surface area contributed by atoms with E-state index in [9.17, 15) is 29.0 Å². The van der Waals surface area contributed by atoms with Gasteiger partial charge in [-0.15, -0.1) is 0 Å². The van der Waals surface area contributed by atoms with E-state index in [1.807, 2.05) is 0 Å². The van der Waals surface area contributed by atoms with E-state index in [1.54, 1.807) is 60.7 Å². The molecule has 41 heavy (non-hydrogen) atoms. The second-order valence-corrected chi connectivity index (χ2v) is 9.38. The Labute approximate surface area is 234 Å². The number of nitrogens with one attached hydrogen (secondary N) is 1. The van der Waals surface area contributed by atoms with E-state index in [4.69, 9.17) is 4.74 Å². The summed E-state index contributed by atoms with van der Waals surface area (Å²) < 4.78 is 18.9. The number of aromatic nitrogens is 2. The summed E-state index contributed by atoms with van der Waals surface area (Å²) in [7, 11) is 0. The minimum Gasteiger partial charge on any atom is -0.501 e. The summed E-state index contributed by atoms with van der Waals surface area (Å²) in [6, 6.07) is 21.4. The SMILES string of the molecule is O=C(O[C@@H]1C[C@@H](c2nc(O)c(O)c(C(=O)NCc3ccc(F)cc3)n2)N(C(=O)c2ccccc2)C1)c1ccccc1. The van der Waals surface area contributed by atoms with Gasteiger partial charge in [0.2, 0.25) is 5.75 Å². The van der Waals surface area contributed by atoms with Gasteiger partial charge < -0.3 is 25.2 Å². The van der Waals surface area contributed by atoms with Gasteiger partial charge in [-0.2, -0.15) is 4.98 Å². The third-order valence-electron chi connectivity index (χ3n) is 6.59.